The minimum Gasteiger partial charge on any atom is -0.289 e. The van der Waals surface area contributed by atoms with Crippen molar-refractivity contribution in [1.29, 1.82) is 0 Å². The average molecular weight is 235 g/mol. The summed E-state index contributed by atoms with van der Waals surface area (Å²) in [7, 11) is 0. The Hall–Kier alpha value is -1.67. The normalized spacial score (nSPS) is 10.1. The lowest BCUT2D eigenvalue weighted by Crippen LogP contribution is -2.01. The topological polar surface area (TPSA) is 17.1 Å². The standard InChI is InChI=1S/C13H8ClFO/c14-11-8-10(6-7-12(11)15)13(16)9-4-2-1-3-5-9/h1-8H. The highest BCUT2D eigenvalue weighted by atomic mass is 35.5. The fraction of sp³-hybridized carbons (Fsp3) is 0. The molecule has 3 heteroatoms. The molecular weight excluding hydrogens is 227 g/mol. The molecule has 0 bridgehead atoms. The molecule has 0 aliphatic rings. The van der Waals surface area contributed by atoms with E-state index in [1.807, 2.05) is 6.07 Å². The maximum Gasteiger partial charge on any atom is 0.193 e. The Bertz CT molecular complexity index is 523. The number of ketones is 1. The molecular formula is C13H8ClFO. The second kappa shape index (κ2) is 4.45. The molecule has 0 aliphatic heterocycles. The first-order chi connectivity index (χ1) is 7.68. The molecule has 0 aliphatic carbocycles. The maximum absolute atomic E-state index is 12.9. The third-order valence-electron chi connectivity index (χ3n) is 2.22. The van der Waals surface area contributed by atoms with Crippen molar-refractivity contribution in [3.63, 3.8) is 0 Å². The van der Waals surface area contributed by atoms with E-state index in [9.17, 15) is 9.18 Å². The van der Waals surface area contributed by atoms with E-state index in [-0.39, 0.29) is 10.8 Å². The van der Waals surface area contributed by atoms with Crippen molar-refractivity contribution in [1.82, 2.24) is 0 Å². The number of halogens is 2. The summed E-state index contributed by atoms with van der Waals surface area (Å²) in [5, 5.41) is -0.0400. The van der Waals surface area contributed by atoms with Gasteiger partial charge in [0.15, 0.2) is 5.78 Å². The Balaban J connectivity index is 2.39. The molecule has 0 heterocycles. The number of benzene rings is 2. The van der Waals surface area contributed by atoms with E-state index in [2.05, 4.69) is 0 Å². The molecule has 0 radical (unpaired) electrons. The second-order valence-corrected chi connectivity index (χ2v) is 3.73. The van der Waals surface area contributed by atoms with E-state index < -0.39 is 5.82 Å². The highest BCUT2D eigenvalue weighted by molar-refractivity contribution is 6.31. The number of carbonyl (C=O) groups is 1. The molecule has 1 nitrogen and oxygen atoms in total. The molecule has 16 heavy (non-hydrogen) atoms. The minimum atomic E-state index is -0.522. The quantitative estimate of drug-likeness (QED) is 0.724. The van der Waals surface area contributed by atoms with Crippen molar-refractivity contribution in [2.75, 3.05) is 0 Å². The first kappa shape index (κ1) is 10.8. The van der Waals surface area contributed by atoms with Gasteiger partial charge in [-0.3, -0.25) is 4.79 Å². The molecule has 0 N–H and O–H groups in total. The summed E-state index contributed by atoms with van der Waals surface area (Å²) in [6, 6.07) is 12.8. The van der Waals surface area contributed by atoms with Gasteiger partial charge in [-0.25, -0.2) is 4.39 Å². The molecule has 0 atom stereocenters. The third-order valence-corrected chi connectivity index (χ3v) is 2.51. The largest absolute Gasteiger partial charge is 0.289 e. The third kappa shape index (κ3) is 2.12. The van der Waals surface area contributed by atoms with Gasteiger partial charge in [0, 0.05) is 11.1 Å². The molecule has 0 saturated carbocycles. The molecule has 2 aromatic rings. The zero-order valence-electron chi connectivity index (χ0n) is 8.28. The van der Waals surface area contributed by atoms with Gasteiger partial charge in [0.05, 0.1) is 5.02 Å². The number of carbonyl (C=O) groups excluding carboxylic acids is 1. The van der Waals surface area contributed by atoms with Crippen LogP contribution in [0.3, 0.4) is 0 Å². The van der Waals surface area contributed by atoms with Crippen molar-refractivity contribution in [2.24, 2.45) is 0 Å². The van der Waals surface area contributed by atoms with E-state index in [1.54, 1.807) is 24.3 Å². The van der Waals surface area contributed by atoms with Crippen molar-refractivity contribution in [2.45, 2.75) is 0 Å². The van der Waals surface area contributed by atoms with Gasteiger partial charge in [0.1, 0.15) is 5.82 Å². The first-order valence-corrected chi connectivity index (χ1v) is 5.11. The Morgan fingerprint density at radius 2 is 1.69 bits per heavy atom. The molecule has 2 rings (SSSR count). The monoisotopic (exact) mass is 234 g/mol. The molecule has 0 amide bonds. The predicted octanol–water partition coefficient (Wildman–Crippen LogP) is 3.71. The van der Waals surface area contributed by atoms with Gasteiger partial charge < -0.3 is 0 Å². The number of hydrogen-bond acceptors (Lipinski definition) is 1. The lowest BCUT2D eigenvalue weighted by atomic mass is 10.0. The zero-order chi connectivity index (χ0) is 11.5. The van der Waals surface area contributed by atoms with E-state index in [0.29, 0.717) is 11.1 Å². The summed E-state index contributed by atoms with van der Waals surface area (Å²) >= 11 is 5.62. The SMILES string of the molecule is O=C(c1ccccc1)c1ccc(F)c(Cl)c1. The summed E-state index contributed by atoms with van der Waals surface area (Å²) < 4.78 is 12.9. The lowest BCUT2D eigenvalue weighted by Gasteiger charge is -2.01. The van der Waals surface area contributed by atoms with Crippen LogP contribution in [0.2, 0.25) is 5.02 Å². The Morgan fingerprint density at radius 3 is 2.31 bits per heavy atom. The highest BCUT2D eigenvalue weighted by Crippen LogP contribution is 2.18. The molecule has 0 aromatic heterocycles. The maximum atomic E-state index is 12.9. The molecule has 0 spiro atoms. The van der Waals surface area contributed by atoms with Gasteiger partial charge in [-0.1, -0.05) is 41.9 Å². The molecule has 80 valence electrons. The van der Waals surface area contributed by atoms with Crippen LogP contribution in [0, 0.1) is 5.82 Å². The first-order valence-electron chi connectivity index (χ1n) is 4.73. The summed E-state index contributed by atoms with van der Waals surface area (Å²) in [5.74, 6) is -0.686. The summed E-state index contributed by atoms with van der Waals surface area (Å²) in [4.78, 5) is 11.9. The number of rotatable bonds is 2. The molecule has 0 saturated heterocycles. The van der Waals surface area contributed by atoms with Crippen LogP contribution in [0.25, 0.3) is 0 Å². The van der Waals surface area contributed by atoms with Crippen LogP contribution in [0.15, 0.2) is 48.5 Å². The van der Waals surface area contributed by atoms with Crippen LogP contribution in [-0.4, -0.2) is 5.78 Å². The van der Waals surface area contributed by atoms with Gasteiger partial charge in [0.2, 0.25) is 0 Å². The summed E-state index contributed by atoms with van der Waals surface area (Å²) in [6.45, 7) is 0. The highest BCUT2D eigenvalue weighted by Gasteiger charge is 2.10. The van der Waals surface area contributed by atoms with Crippen LogP contribution in [0.1, 0.15) is 15.9 Å². The number of hydrogen-bond donors (Lipinski definition) is 0. The van der Waals surface area contributed by atoms with Gasteiger partial charge >= 0.3 is 0 Å². The fourth-order valence-corrected chi connectivity index (χ4v) is 1.57. The van der Waals surface area contributed by atoms with E-state index in [0.717, 1.165) is 0 Å². The van der Waals surface area contributed by atoms with Crippen LogP contribution in [0.5, 0.6) is 0 Å². The summed E-state index contributed by atoms with van der Waals surface area (Å²) in [5.41, 5.74) is 0.947. The van der Waals surface area contributed by atoms with Crippen molar-refractivity contribution < 1.29 is 9.18 Å². The second-order valence-electron chi connectivity index (χ2n) is 3.32. The van der Waals surface area contributed by atoms with E-state index in [1.165, 1.54) is 18.2 Å². The Labute approximate surface area is 97.5 Å². The zero-order valence-corrected chi connectivity index (χ0v) is 9.04. The van der Waals surface area contributed by atoms with Crippen molar-refractivity contribution >= 4 is 17.4 Å². The smallest absolute Gasteiger partial charge is 0.193 e. The van der Waals surface area contributed by atoms with Crippen LogP contribution in [-0.2, 0) is 0 Å². The van der Waals surface area contributed by atoms with Crippen LogP contribution < -0.4 is 0 Å². The van der Waals surface area contributed by atoms with Gasteiger partial charge in [-0.15, -0.1) is 0 Å². The van der Waals surface area contributed by atoms with Gasteiger partial charge in [-0.05, 0) is 18.2 Å². The van der Waals surface area contributed by atoms with Crippen molar-refractivity contribution in [3.05, 3.63) is 70.5 Å². The molecule has 0 fully saturated rings. The van der Waals surface area contributed by atoms with E-state index in [4.69, 9.17) is 11.6 Å². The Kier molecular flexibility index (Phi) is 3.02. The van der Waals surface area contributed by atoms with Gasteiger partial charge in [0.25, 0.3) is 0 Å². The molecule has 0 unspecified atom stereocenters. The summed E-state index contributed by atoms with van der Waals surface area (Å²) in [6.07, 6.45) is 0. The van der Waals surface area contributed by atoms with Crippen LogP contribution >= 0.6 is 11.6 Å². The fourth-order valence-electron chi connectivity index (χ4n) is 1.39. The predicted molar refractivity (Wildman–Crippen MR) is 61.3 cm³/mol. The van der Waals surface area contributed by atoms with Crippen LogP contribution in [0.4, 0.5) is 4.39 Å². The molecule has 2 aromatic carbocycles. The lowest BCUT2D eigenvalue weighted by molar-refractivity contribution is 0.103. The Morgan fingerprint density at radius 1 is 1.00 bits per heavy atom. The average Bonchev–Trinajstić information content (AvgIpc) is 2.33. The van der Waals surface area contributed by atoms with E-state index >= 15 is 0 Å². The van der Waals surface area contributed by atoms with Gasteiger partial charge in [-0.2, -0.15) is 0 Å². The van der Waals surface area contributed by atoms with Crippen molar-refractivity contribution in [3.8, 4) is 0 Å². The minimum absolute atomic E-state index is 0.0400.